The lowest BCUT2D eigenvalue weighted by atomic mass is 10.2. The van der Waals surface area contributed by atoms with Gasteiger partial charge in [-0.25, -0.2) is 9.37 Å². The van der Waals surface area contributed by atoms with Crippen LogP contribution in [0.5, 0.6) is 5.75 Å². The molecule has 0 fully saturated rings. The predicted molar refractivity (Wildman–Crippen MR) is 119 cm³/mol. The monoisotopic (exact) mass is 453 g/mol. The van der Waals surface area contributed by atoms with Crippen molar-refractivity contribution in [3.63, 3.8) is 0 Å². The van der Waals surface area contributed by atoms with Crippen LogP contribution in [0.4, 0.5) is 4.39 Å². The van der Waals surface area contributed by atoms with E-state index >= 15 is 0 Å². The van der Waals surface area contributed by atoms with E-state index in [1.165, 1.54) is 17.4 Å². The maximum Gasteiger partial charge on any atom is 0.271 e. The molecule has 2 aromatic heterocycles. The van der Waals surface area contributed by atoms with Gasteiger partial charge < -0.3 is 10.1 Å². The molecule has 156 valence electrons. The van der Waals surface area contributed by atoms with E-state index in [4.69, 9.17) is 16.3 Å². The number of amides is 1. The van der Waals surface area contributed by atoms with Crippen LogP contribution in [0.3, 0.4) is 0 Å². The van der Waals surface area contributed by atoms with Gasteiger partial charge in [-0.15, -0.1) is 11.3 Å². The van der Waals surface area contributed by atoms with Crippen LogP contribution in [0.1, 0.15) is 21.6 Å². The molecule has 5 nitrogen and oxygen atoms in total. The molecule has 1 N–H and O–H groups in total. The van der Waals surface area contributed by atoms with E-state index in [9.17, 15) is 9.18 Å². The number of benzene rings is 2. The molecular weight excluding hydrogens is 437 g/mol. The van der Waals surface area contributed by atoms with Gasteiger partial charge in [0, 0.05) is 41.0 Å². The fourth-order valence-electron chi connectivity index (χ4n) is 2.78. The molecule has 1 amide bonds. The smallest absolute Gasteiger partial charge is 0.271 e. The molecule has 0 saturated carbocycles. The molecule has 0 aliphatic heterocycles. The number of pyridine rings is 1. The Balaban J connectivity index is 1.39. The van der Waals surface area contributed by atoms with Crippen LogP contribution in [0.25, 0.3) is 10.6 Å². The van der Waals surface area contributed by atoms with Crippen LogP contribution < -0.4 is 10.1 Å². The highest BCUT2D eigenvalue weighted by Crippen LogP contribution is 2.29. The molecule has 0 saturated heterocycles. The summed E-state index contributed by atoms with van der Waals surface area (Å²) in [5, 5.41) is 5.46. The fraction of sp³-hybridized carbons (Fsp3) is 0.0870. The molecule has 0 spiro atoms. The van der Waals surface area contributed by atoms with Crippen molar-refractivity contribution in [3.05, 3.63) is 100 Å². The molecule has 31 heavy (non-hydrogen) atoms. The molecule has 4 rings (SSSR count). The Hall–Kier alpha value is -3.29. The standard InChI is InChI=1S/C23H17ClFN3O2S/c24-17-5-3-15(4-6-17)13-30-18-7-8-19(20(25)10-18)23-28-21(14-31-23)22(29)27-12-16-2-1-9-26-11-16/h1-11,14H,12-13H2,(H,27,29). The van der Waals surface area contributed by atoms with Gasteiger partial charge in [-0.1, -0.05) is 29.8 Å². The molecule has 0 atom stereocenters. The van der Waals surface area contributed by atoms with Crippen LogP contribution in [0, 0.1) is 5.82 Å². The summed E-state index contributed by atoms with van der Waals surface area (Å²) in [6.45, 7) is 0.641. The van der Waals surface area contributed by atoms with Crippen molar-refractivity contribution in [1.82, 2.24) is 15.3 Å². The Bertz CT molecular complexity index is 1180. The average molecular weight is 454 g/mol. The molecule has 0 bridgehead atoms. The number of thiazole rings is 1. The summed E-state index contributed by atoms with van der Waals surface area (Å²) in [5.74, 6) is -0.387. The van der Waals surface area contributed by atoms with Crippen LogP contribution in [-0.4, -0.2) is 15.9 Å². The summed E-state index contributed by atoms with van der Waals surface area (Å²) < 4.78 is 20.3. The van der Waals surface area contributed by atoms with Crippen molar-refractivity contribution in [2.24, 2.45) is 0 Å². The Kier molecular flexibility index (Phi) is 6.54. The summed E-state index contributed by atoms with van der Waals surface area (Å²) in [7, 11) is 0. The maximum atomic E-state index is 14.7. The topological polar surface area (TPSA) is 64.1 Å². The van der Waals surface area contributed by atoms with Crippen molar-refractivity contribution in [2.45, 2.75) is 13.2 Å². The van der Waals surface area contributed by atoms with Gasteiger partial charge >= 0.3 is 0 Å². The first-order valence-electron chi connectivity index (χ1n) is 9.38. The van der Waals surface area contributed by atoms with E-state index in [0.29, 0.717) is 34.5 Å². The van der Waals surface area contributed by atoms with Crippen LogP contribution >= 0.6 is 22.9 Å². The van der Waals surface area contributed by atoms with Crippen molar-refractivity contribution in [2.75, 3.05) is 0 Å². The lowest BCUT2D eigenvalue weighted by molar-refractivity contribution is 0.0946. The highest BCUT2D eigenvalue weighted by molar-refractivity contribution is 7.13. The molecule has 0 unspecified atom stereocenters. The molecule has 0 radical (unpaired) electrons. The number of nitrogens with one attached hydrogen (secondary N) is 1. The minimum Gasteiger partial charge on any atom is -0.489 e. The molecular formula is C23H17ClFN3O2S. The van der Waals surface area contributed by atoms with Crippen LogP contribution in [0.15, 0.2) is 72.4 Å². The van der Waals surface area contributed by atoms with E-state index in [1.54, 1.807) is 48.1 Å². The number of carbonyl (C=O) groups excluding carboxylic acids is 1. The SMILES string of the molecule is O=C(NCc1cccnc1)c1csc(-c2ccc(OCc3ccc(Cl)cc3)cc2F)n1. The zero-order chi connectivity index (χ0) is 21.6. The summed E-state index contributed by atoms with van der Waals surface area (Å²) in [6.07, 6.45) is 3.35. The zero-order valence-corrected chi connectivity index (χ0v) is 17.8. The van der Waals surface area contributed by atoms with Gasteiger partial charge in [0.1, 0.15) is 28.9 Å². The van der Waals surface area contributed by atoms with Crippen LogP contribution in [-0.2, 0) is 13.2 Å². The molecule has 8 heteroatoms. The average Bonchev–Trinajstić information content (AvgIpc) is 3.28. The van der Waals surface area contributed by atoms with Crippen molar-refractivity contribution < 1.29 is 13.9 Å². The van der Waals surface area contributed by atoms with Gasteiger partial charge in [0.05, 0.1) is 0 Å². The number of aromatic nitrogens is 2. The molecule has 2 heterocycles. The van der Waals surface area contributed by atoms with Crippen molar-refractivity contribution >= 4 is 28.8 Å². The summed E-state index contributed by atoms with van der Waals surface area (Å²) in [6, 6.07) is 15.5. The summed E-state index contributed by atoms with van der Waals surface area (Å²) in [4.78, 5) is 20.6. The second kappa shape index (κ2) is 9.68. The number of rotatable bonds is 7. The van der Waals surface area contributed by atoms with E-state index in [-0.39, 0.29) is 11.6 Å². The Morgan fingerprint density at radius 2 is 1.97 bits per heavy atom. The van der Waals surface area contributed by atoms with Gasteiger partial charge in [-0.3, -0.25) is 9.78 Å². The number of nitrogens with zero attached hydrogens (tertiary/aromatic N) is 2. The molecule has 0 aliphatic rings. The zero-order valence-electron chi connectivity index (χ0n) is 16.2. The minimum absolute atomic E-state index is 0.242. The predicted octanol–water partition coefficient (Wildman–Crippen LogP) is 5.51. The Morgan fingerprint density at radius 1 is 1.13 bits per heavy atom. The quantitative estimate of drug-likeness (QED) is 0.401. The van der Waals surface area contributed by atoms with Crippen molar-refractivity contribution in [3.8, 4) is 16.3 Å². The van der Waals surface area contributed by atoms with E-state index < -0.39 is 5.82 Å². The maximum absolute atomic E-state index is 14.7. The van der Waals surface area contributed by atoms with Gasteiger partial charge in [0.15, 0.2) is 0 Å². The number of halogens is 2. The molecule has 0 aliphatic carbocycles. The van der Waals surface area contributed by atoms with Crippen LogP contribution in [0.2, 0.25) is 5.02 Å². The van der Waals surface area contributed by atoms with E-state index in [1.807, 2.05) is 18.2 Å². The van der Waals surface area contributed by atoms with Gasteiger partial charge in [0.25, 0.3) is 5.91 Å². The highest BCUT2D eigenvalue weighted by Gasteiger charge is 2.15. The molecule has 2 aromatic carbocycles. The second-order valence-corrected chi connectivity index (χ2v) is 7.93. The van der Waals surface area contributed by atoms with Gasteiger partial charge in [0.2, 0.25) is 0 Å². The first-order valence-corrected chi connectivity index (χ1v) is 10.6. The van der Waals surface area contributed by atoms with Crippen molar-refractivity contribution in [1.29, 1.82) is 0 Å². The third-order valence-electron chi connectivity index (χ3n) is 4.40. The number of hydrogen-bond donors (Lipinski definition) is 1. The third-order valence-corrected chi connectivity index (χ3v) is 5.53. The largest absolute Gasteiger partial charge is 0.489 e. The normalized spacial score (nSPS) is 10.6. The second-order valence-electron chi connectivity index (χ2n) is 6.64. The van der Waals surface area contributed by atoms with Gasteiger partial charge in [-0.2, -0.15) is 0 Å². The fourth-order valence-corrected chi connectivity index (χ4v) is 3.74. The Morgan fingerprint density at radius 3 is 2.71 bits per heavy atom. The number of carbonyl (C=O) groups is 1. The number of ether oxygens (including phenoxy) is 1. The van der Waals surface area contributed by atoms with E-state index in [2.05, 4.69) is 15.3 Å². The van der Waals surface area contributed by atoms with Gasteiger partial charge in [-0.05, 0) is 41.5 Å². The first kappa shape index (κ1) is 21.0. The lowest BCUT2D eigenvalue weighted by Crippen LogP contribution is -2.23. The lowest BCUT2D eigenvalue weighted by Gasteiger charge is -2.08. The first-order chi connectivity index (χ1) is 15.1. The Labute approximate surface area is 187 Å². The summed E-state index contributed by atoms with van der Waals surface area (Å²) in [5.41, 5.74) is 2.36. The minimum atomic E-state index is -0.467. The summed E-state index contributed by atoms with van der Waals surface area (Å²) >= 11 is 7.08. The molecule has 4 aromatic rings. The number of hydrogen-bond acceptors (Lipinski definition) is 5. The van der Waals surface area contributed by atoms with E-state index in [0.717, 1.165) is 11.1 Å². The highest BCUT2D eigenvalue weighted by atomic mass is 35.5. The third kappa shape index (κ3) is 5.45.